The van der Waals surface area contributed by atoms with Gasteiger partial charge in [0.15, 0.2) is 5.82 Å². The Morgan fingerprint density at radius 3 is 2.64 bits per heavy atom. The van der Waals surface area contributed by atoms with E-state index < -0.39 is 15.9 Å². The summed E-state index contributed by atoms with van der Waals surface area (Å²) in [5, 5.41) is 12.2. The first kappa shape index (κ1) is 24.6. The standard InChI is InChI=1S/C25H28ClFN6O2S/c1-32(2)15-11-33(12-15)25-29-23-19(24(30-25)31-36(3,35)13-28)10-20(26)21(22(23)27)18-9-16(34)8-14-6-4-5-7-17(14)18/h4-10,15,34,36H,11-13,28H2,1-3H3,(H,29,30,31,35). The lowest BCUT2D eigenvalue weighted by molar-refractivity contribution is 0.245. The highest BCUT2D eigenvalue weighted by Gasteiger charge is 2.32. The fraction of sp³-hybridized carbons (Fsp3) is 0.280. The van der Waals surface area contributed by atoms with Gasteiger partial charge in [0.25, 0.3) is 0 Å². The summed E-state index contributed by atoms with van der Waals surface area (Å²) in [6.45, 7) is 1.36. The maximum atomic E-state index is 16.3. The van der Waals surface area contributed by atoms with Crippen LogP contribution in [0.3, 0.4) is 0 Å². The number of aromatic nitrogens is 2. The Bertz CT molecular complexity index is 1540. The van der Waals surface area contributed by atoms with Gasteiger partial charge in [-0.2, -0.15) is 4.98 Å². The smallest absolute Gasteiger partial charge is 0.228 e. The van der Waals surface area contributed by atoms with Crippen molar-refractivity contribution in [1.29, 1.82) is 0 Å². The molecule has 1 aliphatic heterocycles. The molecule has 0 amide bonds. The number of halogens is 2. The second-order valence-electron chi connectivity index (χ2n) is 9.45. The number of anilines is 2. The van der Waals surface area contributed by atoms with E-state index in [4.69, 9.17) is 17.3 Å². The minimum atomic E-state index is -3.00. The third kappa shape index (κ3) is 4.34. The number of hydrogen-bond acceptors (Lipinski definition) is 7. The first-order valence-corrected chi connectivity index (χ1v) is 14.2. The Labute approximate surface area is 214 Å². The molecule has 4 aromatic rings. The molecular weight excluding hydrogens is 503 g/mol. The van der Waals surface area contributed by atoms with Gasteiger partial charge in [-0.05, 0) is 58.7 Å². The minimum Gasteiger partial charge on any atom is -0.508 e. The van der Waals surface area contributed by atoms with Gasteiger partial charge in [-0.15, -0.1) is 0 Å². The number of nitrogens with zero attached hydrogens (tertiary/aromatic N) is 4. The zero-order valence-corrected chi connectivity index (χ0v) is 21.8. The van der Waals surface area contributed by atoms with Crippen LogP contribution in [0, 0.1) is 5.82 Å². The predicted molar refractivity (Wildman–Crippen MR) is 147 cm³/mol. The van der Waals surface area contributed by atoms with E-state index in [0.29, 0.717) is 36.0 Å². The fourth-order valence-electron chi connectivity index (χ4n) is 4.37. The lowest BCUT2D eigenvalue weighted by atomic mass is 9.96. The van der Waals surface area contributed by atoms with Crippen LogP contribution >= 0.6 is 11.6 Å². The van der Waals surface area contributed by atoms with Crippen molar-refractivity contribution in [3.63, 3.8) is 0 Å². The number of fused-ring (bicyclic) bond motifs is 2. The Morgan fingerprint density at radius 2 is 1.94 bits per heavy atom. The number of thiol groups is 1. The molecule has 1 fully saturated rings. The minimum absolute atomic E-state index is 0.00447. The quantitative estimate of drug-likeness (QED) is 0.282. The molecule has 0 aliphatic carbocycles. The monoisotopic (exact) mass is 530 g/mol. The van der Waals surface area contributed by atoms with Crippen LogP contribution < -0.4 is 15.4 Å². The number of phenolic OH excluding ortho intramolecular Hbond substituents is 1. The van der Waals surface area contributed by atoms with Crippen molar-refractivity contribution in [1.82, 2.24) is 14.9 Å². The van der Waals surface area contributed by atoms with Gasteiger partial charge in [-0.1, -0.05) is 35.9 Å². The zero-order valence-electron chi connectivity index (χ0n) is 20.2. The number of rotatable bonds is 6. The van der Waals surface area contributed by atoms with Crippen LogP contribution in [-0.4, -0.2) is 69.5 Å². The molecule has 1 aromatic heterocycles. The molecule has 0 unspecified atom stereocenters. The predicted octanol–water partition coefficient (Wildman–Crippen LogP) is 3.59. The van der Waals surface area contributed by atoms with Crippen LogP contribution in [0.4, 0.5) is 16.2 Å². The van der Waals surface area contributed by atoms with Crippen molar-refractivity contribution in [2.75, 3.05) is 48.9 Å². The molecular formula is C25H28ClFN6O2S. The molecule has 1 saturated heterocycles. The molecule has 0 atom stereocenters. The molecule has 1 aliphatic rings. The summed E-state index contributed by atoms with van der Waals surface area (Å²) in [4.78, 5) is 13.2. The summed E-state index contributed by atoms with van der Waals surface area (Å²) in [7, 11) is 1.00. The van der Waals surface area contributed by atoms with Gasteiger partial charge in [0.1, 0.15) is 17.1 Å². The average Bonchev–Trinajstić information content (AvgIpc) is 2.78. The SMILES string of the molecule is CN(C)C1CN(c2nc(N[SH](C)(=O)CN)c3cc(Cl)c(-c4cc(O)cc5ccccc45)c(F)c3n2)C1. The Balaban J connectivity index is 1.75. The summed E-state index contributed by atoms with van der Waals surface area (Å²) >= 11 is 6.65. The summed E-state index contributed by atoms with van der Waals surface area (Å²) in [5.74, 6) is -0.205. The van der Waals surface area contributed by atoms with Gasteiger partial charge in [0, 0.05) is 36.3 Å². The summed E-state index contributed by atoms with van der Waals surface area (Å²) < 4.78 is 32.1. The van der Waals surface area contributed by atoms with Crippen LogP contribution in [0.5, 0.6) is 5.75 Å². The van der Waals surface area contributed by atoms with Crippen molar-refractivity contribution >= 4 is 55.2 Å². The van der Waals surface area contributed by atoms with E-state index in [1.54, 1.807) is 12.1 Å². The van der Waals surface area contributed by atoms with Gasteiger partial charge >= 0.3 is 0 Å². The molecule has 0 radical (unpaired) electrons. The van der Waals surface area contributed by atoms with Crippen LogP contribution in [-0.2, 0) is 10.1 Å². The molecule has 0 bridgehead atoms. The molecule has 3 aromatic carbocycles. The number of nitrogens with two attached hydrogens (primary N) is 1. The van der Waals surface area contributed by atoms with E-state index in [0.717, 1.165) is 10.8 Å². The Kier molecular flexibility index (Phi) is 6.24. The van der Waals surface area contributed by atoms with Crippen molar-refractivity contribution in [3.05, 3.63) is 53.3 Å². The topological polar surface area (TPSA) is 108 Å². The van der Waals surface area contributed by atoms with Gasteiger partial charge in [-0.3, -0.25) is 4.21 Å². The zero-order chi connectivity index (χ0) is 25.8. The summed E-state index contributed by atoms with van der Waals surface area (Å²) in [6, 6.07) is 12.4. The van der Waals surface area contributed by atoms with Gasteiger partial charge in [0.2, 0.25) is 5.95 Å². The van der Waals surface area contributed by atoms with E-state index in [1.807, 2.05) is 43.3 Å². The van der Waals surface area contributed by atoms with Gasteiger partial charge < -0.3 is 25.4 Å². The molecule has 5 rings (SSSR count). The van der Waals surface area contributed by atoms with Crippen LogP contribution in [0.2, 0.25) is 5.02 Å². The van der Waals surface area contributed by atoms with E-state index in [9.17, 15) is 9.32 Å². The normalized spacial score (nSPS) is 15.0. The average molecular weight is 531 g/mol. The van der Waals surface area contributed by atoms with E-state index >= 15 is 4.39 Å². The van der Waals surface area contributed by atoms with Crippen molar-refractivity contribution in [2.24, 2.45) is 5.73 Å². The highest BCUT2D eigenvalue weighted by molar-refractivity contribution is 8.03. The van der Waals surface area contributed by atoms with Gasteiger partial charge in [-0.25, -0.2) is 9.37 Å². The van der Waals surface area contributed by atoms with Crippen LogP contribution in [0.25, 0.3) is 32.8 Å². The number of likely N-dealkylation sites (N-methyl/N-ethyl adjacent to an activating group) is 1. The second-order valence-corrected chi connectivity index (χ2v) is 12.6. The Hall–Kier alpha value is -3.05. The lowest BCUT2D eigenvalue weighted by Gasteiger charge is -2.42. The molecule has 11 heteroatoms. The fourth-order valence-corrected chi connectivity index (χ4v) is 5.38. The van der Waals surface area contributed by atoms with E-state index in [2.05, 4.69) is 19.6 Å². The lowest BCUT2D eigenvalue weighted by Crippen LogP contribution is -2.58. The van der Waals surface area contributed by atoms with Crippen LogP contribution in [0.15, 0.2) is 42.5 Å². The maximum absolute atomic E-state index is 16.3. The number of nitrogens with one attached hydrogen (secondary N) is 1. The highest BCUT2D eigenvalue weighted by Crippen LogP contribution is 2.42. The van der Waals surface area contributed by atoms with Crippen molar-refractivity contribution < 1.29 is 13.7 Å². The Morgan fingerprint density at radius 1 is 1.22 bits per heavy atom. The van der Waals surface area contributed by atoms with Crippen molar-refractivity contribution in [3.8, 4) is 16.9 Å². The van der Waals surface area contributed by atoms with Crippen molar-refractivity contribution in [2.45, 2.75) is 6.04 Å². The maximum Gasteiger partial charge on any atom is 0.228 e. The summed E-state index contributed by atoms with van der Waals surface area (Å²) in [6.07, 6.45) is 1.51. The van der Waals surface area contributed by atoms with Crippen LogP contribution in [0.1, 0.15) is 0 Å². The summed E-state index contributed by atoms with van der Waals surface area (Å²) in [5.41, 5.74) is 6.32. The third-order valence-corrected chi connectivity index (χ3v) is 8.23. The third-order valence-electron chi connectivity index (χ3n) is 6.55. The largest absolute Gasteiger partial charge is 0.508 e. The number of benzene rings is 3. The second kappa shape index (κ2) is 9.11. The number of phenols is 1. The first-order chi connectivity index (χ1) is 17.1. The number of hydrogen-bond donors (Lipinski definition) is 4. The molecule has 0 spiro atoms. The first-order valence-electron chi connectivity index (χ1n) is 11.5. The number of aromatic hydroxyl groups is 1. The molecule has 4 N–H and O–H groups in total. The van der Waals surface area contributed by atoms with E-state index in [-0.39, 0.29) is 33.5 Å². The molecule has 0 saturated carbocycles. The highest BCUT2D eigenvalue weighted by atomic mass is 35.5. The van der Waals surface area contributed by atoms with Gasteiger partial charge in [0.05, 0.1) is 10.9 Å². The molecule has 190 valence electrons. The molecule has 2 heterocycles. The van der Waals surface area contributed by atoms with E-state index in [1.165, 1.54) is 12.3 Å². The molecule has 8 nitrogen and oxygen atoms in total. The molecule has 36 heavy (non-hydrogen) atoms.